The van der Waals surface area contributed by atoms with Crippen LogP contribution >= 0.6 is 12.8 Å². The van der Waals surface area contributed by atoms with E-state index in [0.29, 0.717) is 11.6 Å². The quantitative estimate of drug-likeness (QED) is 0.500. The molecular weight excluding hydrogens is 161 g/mol. The summed E-state index contributed by atoms with van der Waals surface area (Å²) in [7, 11) is 0. The average molecular weight is 175 g/mol. The minimum atomic E-state index is -0.485. The molecular formula is C8H14FNS. The highest BCUT2D eigenvalue weighted by atomic mass is 32.1. The van der Waals surface area contributed by atoms with Crippen molar-refractivity contribution in [2.75, 3.05) is 0 Å². The molecule has 64 valence electrons. The molecule has 0 heterocycles. The highest BCUT2D eigenvalue weighted by Crippen LogP contribution is 2.17. The van der Waals surface area contributed by atoms with Crippen molar-refractivity contribution in [2.24, 2.45) is 16.2 Å². The molecule has 0 fully saturated rings. The molecule has 0 aromatic carbocycles. The van der Waals surface area contributed by atoms with E-state index in [9.17, 15) is 4.39 Å². The fourth-order valence-corrected chi connectivity index (χ4v) is 0.999. The van der Waals surface area contributed by atoms with Gasteiger partial charge in [-0.25, -0.2) is 8.79 Å². The first-order valence-electron chi connectivity index (χ1n) is 3.57. The molecule has 1 atom stereocenters. The highest BCUT2D eigenvalue weighted by Gasteiger charge is 2.16. The standard InChI is InChI=1S/C8H14FNS/c1-5(2)6(3)8(10-11)7(4)9/h5-6,11H,4H2,1-3H3/b10-8+. The van der Waals surface area contributed by atoms with Gasteiger partial charge >= 0.3 is 0 Å². The topological polar surface area (TPSA) is 12.4 Å². The Morgan fingerprint density at radius 3 is 2.00 bits per heavy atom. The molecule has 0 amide bonds. The predicted octanol–water partition coefficient (Wildman–Crippen LogP) is 3.05. The van der Waals surface area contributed by atoms with E-state index in [2.05, 4.69) is 23.8 Å². The third kappa shape index (κ3) is 3.06. The average Bonchev–Trinajstić information content (AvgIpc) is 1.88. The van der Waals surface area contributed by atoms with Gasteiger partial charge in [-0.05, 0) is 18.7 Å². The van der Waals surface area contributed by atoms with Gasteiger partial charge in [-0.2, -0.15) is 0 Å². The van der Waals surface area contributed by atoms with Gasteiger partial charge in [0.05, 0.1) is 5.71 Å². The van der Waals surface area contributed by atoms with Crippen LogP contribution in [0.5, 0.6) is 0 Å². The van der Waals surface area contributed by atoms with Gasteiger partial charge in [0.15, 0.2) is 0 Å². The van der Waals surface area contributed by atoms with Gasteiger partial charge in [-0.3, -0.25) is 0 Å². The summed E-state index contributed by atoms with van der Waals surface area (Å²) in [6, 6.07) is 0. The van der Waals surface area contributed by atoms with Crippen molar-refractivity contribution in [3.05, 3.63) is 12.4 Å². The molecule has 3 heteroatoms. The Labute approximate surface area is 73.0 Å². The highest BCUT2D eigenvalue weighted by molar-refractivity contribution is 7.79. The molecule has 0 N–H and O–H groups in total. The Hall–Kier alpha value is -0.310. The molecule has 0 bridgehead atoms. The molecule has 0 saturated heterocycles. The van der Waals surface area contributed by atoms with Crippen molar-refractivity contribution in [1.29, 1.82) is 0 Å². The van der Waals surface area contributed by atoms with E-state index in [1.807, 2.05) is 20.8 Å². The summed E-state index contributed by atoms with van der Waals surface area (Å²) in [5, 5.41) is 0. The van der Waals surface area contributed by atoms with Crippen LogP contribution in [-0.4, -0.2) is 5.71 Å². The first kappa shape index (κ1) is 10.7. The predicted molar refractivity (Wildman–Crippen MR) is 50.7 cm³/mol. The van der Waals surface area contributed by atoms with Crippen LogP contribution in [0.1, 0.15) is 20.8 Å². The third-order valence-electron chi connectivity index (χ3n) is 1.82. The monoisotopic (exact) mass is 175 g/mol. The van der Waals surface area contributed by atoms with Gasteiger partial charge in [0.25, 0.3) is 0 Å². The zero-order chi connectivity index (χ0) is 9.02. The van der Waals surface area contributed by atoms with Gasteiger partial charge in [0, 0.05) is 5.92 Å². The van der Waals surface area contributed by atoms with Crippen LogP contribution in [0, 0.1) is 11.8 Å². The van der Waals surface area contributed by atoms with Crippen molar-refractivity contribution < 1.29 is 4.39 Å². The molecule has 1 nitrogen and oxygen atoms in total. The molecule has 0 radical (unpaired) electrons. The lowest BCUT2D eigenvalue weighted by molar-refractivity contribution is 0.521. The van der Waals surface area contributed by atoms with E-state index in [1.165, 1.54) is 0 Å². The Morgan fingerprint density at radius 2 is 1.91 bits per heavy atom. The summed E-state index contributed by atoms with van der Waals surface area (Å²) < 4.78 is 16.1. The van der Waals surface area contributed by atoms with E-state index in [0.717, 1.165) is 0 Å². The number of nitrogens with zero attached hydrogens (tertiary/aromatic N) is 1. The largest absolute Gasteiger partial charge is 0.221 e. The zero-order valence-electron chi connectivity index (χ0n) is 7.13. The molecule has 11 heavy (non-hydrogen) atoms. The van der Waals surface area contributed by atoms with E-state index >= 15 is 0 Å². The van der Waals surface area contributed by atoms with Crippen LogP contribution in [0.2, 0.25) is 0 Å². The zero-order valence-corrected chi connectivity index (χ0v) is 8.03. The van der Waals surface area contributed by atoms with Gasteiger partial charge in [0.1, 0.15) is 5.83 Å². The van der Waals surface area contributed by atoms with Gasteiger partial charge in [-0.15, -0.1) is 0 Å². The lowest BCUT2D eigenvalue weighted by Gasteiger charge is -2.15. The molecule has 0 rings (SSSR count). The summed E-state index contributed by atoms with van der Waals surface area (Å²) in [6.07, 6.45) is 0. The number of halogens is 1. The van der Waals surface area contributed by atoms with Crippen molar-refractivity contribution >= 4 is 18.5 Å². The summed E-state index contributed by atoms with van der Waals surface area (Å²) in [5.74, 6) is -0.0559. The van der Waals surface area contributed by atoms with E-state index in [4.69, 9.17) is 0 Å². The molecule has 0 aromatic heterocycles. The van der Waals surface area contributed by atoms with Crippen LogP contribution in [-0.2, 0) is 0 Å². The number of hydrogen-bond donors (Lipinski definition) is 1. The second-order valence-corrected chi connectivity index (χ2v) is 3.12. The first-order valence-corrected chi connectivity index (χ1v) is 3.97. The number of allylic oxidation sites excluding steroid dienone is 1. The summed E-state index contributed by atoms with van der Waals surface area (Å²) in [5.41, 5.74) is 0.350. The van der Waals surface area contributed by atoms with Crippen LogP contribution in [0.25, 0.3) is 0 Å². The van der Waals surface area contributed by atoms with Gasteiger partial charge in [-0.1, -0.05) is 27.4 Å². The van der Waals surface area contributed by atoms with Crippen LogP contribution in [0.15, 0.2) is 16.8 Å². The Bertz CT molecular complexity index is 175. The van der Waals surface area contributed by atoms with Crippen LogP contribution < -0.4 is 0 Å². The van der Waals surface area contributed by atoms with Crippen LogP contribution in [0.3, 0.4) is 0 Å². The SMILES string of the molecule is C=C(F)/C(=N/S)C(C)C(C)C. The third-order valence-corrected chi connectivity index (χ3v) is 2.03. The van der Waals surface area contributed by atoms with Crippen molar-refractivity contribution in [3.63, 3.8) is 0 Å². The smallest absolute Gasteiger partial charge is 0.138 e. The molecule has 0 saturated carbocycles. The lowest BCUT2D eigenvalue weighted by Crippen LogP contribution is -2.16. The molecule has 0 spiro atoms. The van der Waals surface area contributed by atoms with Crippen molar-refractivity contribution in [1.82, 2.24) is 0 Å². The lowest BCUT2D eigenvalue weighted by atomic mass is 9.93. The fraction of sp³-hybridized carbons (Fsp3) is 0.625. The maximum Gasteiger partial charge on any atom is 0.138 e. The van der Waals surface area contributed by atoms with Gasteiger partial charge in [0.2, 0.25) is 0 Å². The first-order chi connectivity index (χ1) is 5.00. The Kier molecular flexibility index (Phi) is 4.42. The van der Waals surface area contributed by atoms with Gasteiger partial charge < -0.3 is 0 Å². The van der Waals surface area contributed by atoms with E-state index < -0.39 is 5.83 Å². The molecule has 0 aliphatic heterocycles. The minimum absolute atomic E-state index is 0.0741. The number of rotatable bonds is 3. The normalized spacial score (nSPS) is 15.3. The van der Waals surface area contributed by atoms with E-state index in [1.54, 1.807) is 0 Å². The molecule has 0 aromatic rings. The summed E-state index contributed by atoms with van der Waals surface area (Å²) in [4.78, 5) is 0. The molecule has 0 aliphatic carbocycles. The molecule has 0 aliphatic rings. The maximum atomic E-state index is 12.6. The van der Waals surface area contributed by atoms with Crippen molar-refractivity contribution in [3.8, 4) is 0 Å². The Morgan fingerprint density at radius 1 is 1.45 bits per heavy atom. The fourth-order valence-electron chi connectivity index (χ4n) is 0.708. The summed E-state index contributed by atoms with van der Waals surface area (Å²) in [6.45, 7) is 9.10. The van der Waals surface area contributed by atoms with Crippen molar-refractivity contribution in [2.45, 2.75) is 20.8 Å². The van der Waals surface area contributed by atoms with Crippen LogP contribution in [0.4, 0.5) is 4.39 Å². The summed E-state index contributed by atoms with van der Waals surface area (Å²) >= 11 is 3.68. The Balaban J connectivity index is 4.41. The molecule has 1 unspecified atom stereocenters. The number of hydrogen-bond acceptors (Lipinski definition) is 2. The second-order valence-electron chi connectivity index (χ2n) is 2.92. The van der Waals surface area contributed by atoms with E-state index in [-0.39, 0.29) is 5.92 Å². The second kappa shape index (κ2) is 4.54. The maximum absolute atomic E-state index is 12.6. The number of thiol groups is 1. The minimum Gasteiger partial charge on any atom is -0.221 e.